The van der Waals surface area contributed by atoms with Crippen LogP contribution in [0.25, 0.3) is 10.1 Å². The smallest absolute Gasteiger partial charge is 0.369 e. The standard InChI is InChI=1S/C47H59ClN4O5S/c1-3-5-6-7-8-9-10-11-12-13-14-15-16-17-18-19-20-21-22-27-44(54)57-46(47(55)56-4-2)52-41-36-40(48)37(34-38(41)35-43(52)53)28-29-50-30-32-51(33-31-50)45-39-25-23-24-26-42(39)58-49-45/h5-6,8-9,11-12,14-15,17-18,23-26,34,36,46H,3-4,7,10,13,16,19-22,27-33,35H2,1-2H3/b6-5-,9-8-,12-11-,15-14-,18-17-. The molecule has 58 heavy (non-hydrogen) atoms. The van der Waals surface area contributed by atoms with Gasteiger partial charge in [0.15, 0.2) is 0 Å². The first-order valence-electron chi connectivity index (χ1n) is 21.0. The van der Waals surface area contributed by atoms with Crippen molar-refractivity contribution in [3.8, 4) is 0 Å². The third-order valence-corrected chi connectivity index (χ3v) is 11.4. The van der Waals surface area contributed by atoms with Gasteiger partial charge in [0.1, 0.15) is 5.82 Å². The van der Waals surface area contributed by atoms with Gasteiger partial charge in [0.05, 0.1) is 23.4 Å². The lowest BCUT2D eigenvalue weighted by molar-refractivity contribution is -0.168. The topological polar surface area (TPSA) is 92.3 Å². The minimum atomic E-state index is -1.50. The number of allylic oxidation sites excluding steroid dienone is 10. The molecule has 2 aliphatic heterocycles. The van der Waals surface area contributed by atoms with Gasteiger partial charge in [0, 0.05) is 49.6 Å². The van der Waals surface area contributed by atoms with Gasteiger partial charge in [0.25, 0.3) is 6.23 Å². The molecule has 0 N–H and O–H groups in total. The molecule has 1 amide bonds. The van der Waals surface area contributed by atoms with E-state index in [1.165, 1.54) is 15.0 Å². The molecule has 1 aromatic heterocycles. The molecule has 1 fully saturated rings. The molecule has 3 heterocycles. The van der Waals surface area contributed by atoms with Gasteiger partial charge < -0.3 is 14.4 Å². The number of benzene rings is 2. The average molecular weight is 828 g/mol. The summed E-state index contributed by atoms with van der Waals surface area (Å²) in [7, 11) is 0. The van der Waals surface area contributed by atoms with Crippen LogP contribution in [0.5, 0.6) is 0 Å². The Kier molecular flexibility index (Phi) is 18.8. The Morgan fingerprint density at radius 2 is 1.53 bits per heavy atom. The minimum absolute atomic E-state index is 0.0863. The van der Waals surface area contributed by atoms with E-state index in [9.17, 15) is 14.4 Å². The van der Waals surface area contributed by atoms with E-state index in [1.807, 2.05) is 12.1 Å². The van der Waals surface area contributed by atoms with Crippen molar-refractivity contribution in [2.75, 3.05) is 49.1 Å². The number of hydrogen-bond acceptors (Lipinski definition) is 9. The fourth-order valence-electron chi connectivity index (χ4n) is 7.10. The summed E-state index contributed by atoms with van der Waals surface area (Å²) in [5.41, 5.74) is 2.17. The molecular formula is C47H59ClN4O5S. The summed E-state index contributed by atoms with van der Waals surface area (Å²) in [6.45, 7) is 8.36. The van der Waals surface area contributed by atoms with E-state index >= 15 is 0 Å². The highest BCUT2D eigenvalue weighted by atomic mass is 35.5. The molecule has 0 aliphatic carbocycles. The third kappa shape index (κ3) is 13.5. The molecule has 3 aromatic rings. The second kappa shape index (κ2) is 24.4. The second-order valence-electron chi connectivity index (χ2n) is 14.5. The predicted molar refractivity (Wildman–Crippen MR) is 239 cm³/mol. The second-order valence-corrected chi connectivity index (χ2v) is 15.7. The number of nitrogens with zero attached hydrogens (tertiary/aromatic N) is 4. The summed E-state index contributed by atoms with van der Waals surface area (Å²) < 4.78 is 16.9. The Morgan fingerprint density at radius 3 is 2.22 bits per heavy atom. The van der Waals surface area contributed by atoms with Gasteiger partial charge in [-0.25, -0.2) is 4.79 Å². The molecule has 1 saturated heterocycles. The Balaban J connectivity index is 1.02. The molecule has 0 spiro atoms. The lowest BCUT2D eigenvalue weighted by Crippen LogP contribution is -2.47. The van der Waals surface area contributed by atoms with Crippen LogP contribution < -0.4 is 9.80 Å². The van der Waals surface area contributed by atoms with Crippen LogP contribution in [0.2, 0.25) is 5.02 Å². The molecule has 1 atom stereocenters. The van der Waals surface area contributed by atoms with E-state index in [1.54, 1.807) is 24.5 Å². The Morgan fingerprint density at radius 1 is 0.862 bits per heavy atom. The molecule has 0 bridgehead atoms. The summed E-state index contributed by atoms with van der Waals surface area (Å²) >= 11 is 8.36. The zero-order valence-electron chi connectivity index (χ0n) is 34.2. The highest BCUT2D eigenvalue weighted by molar-refractivity contribution is 7.13. The third-order valence-electron chi connectivity index (χ3n) is 10.2. The van der Waals surface area contributed by atoms with E-state index in [2.05, 4.69) is 95.7 Å². The maximum atomic E-state index is 13.4. The maximum Gasteiger partial charge on any atom is 0.369 e. The fraction of sp³-hybridized carbons (Fsp3) is 0.447. The number of aromatic nitrogens is 1. The van der Waals surface area contributed by atoms with E-state index in [0.717, 1.165) is 107 Å². The van der Waals surface area contributed by atoms with Crippen molar-refractivity contribution in [1.29, 1.82) is 0 Å². The van der Waals surface area contributed by atoms with Crippen LogP contribution in [-0.4, -0.2) is 72.7 Å². The van der Waals surface area contributed by atoms with Crippen LogP contribution in [0, 0.1) is 0 Å². The molecule has 9 nitrogen and oxygen atoms in total. The number of piperazine rings is 1. The largest absolute Gasteiger partial charge is 0.462 e. The molecule has 1 unspecified atom stereocenters. The van der Waals surface area contributed by atoms with Crippen molar-refractivity contribution in [1.82, 2.24) is 9.27 Å². The lowest BCUT2D eigenvalue weighted by Gasteiger charge is -2.35. The Bertz CT molecular complexity index is 1940. The summed E-state index contributed by atoms with van der Waals surface area (Å²) in [6, 6.07) is 12.0. The number of rotatable bonds is 23. The van der Waals surface area contributed by atoms with E-state index in [4.69, 9.17) is 25.4 Å². The van der Waals surface area contributed by atoms with Crippen LogP contribution >= 0.6 is 23.1 Å². The van der Waals surface area contributed by atoms with Gasteiger partial charge in [-0.3, -0.25) is 19.4 Å². The van der Waals surface area contributed by atoms with Crippen molar-refractivity contribution >= 4 is 62.6 Å². The molecule has 2 aromatic carbocycles. The van der Waals surface area contributed by atoms with Crippen molar-refractivity contribution in [3.63, 3.8) is 0 Å². The number of esters is 2. The van der Waals surface area contributed by atoms with Crippen molar-refractivity contribution in [3.05, 3.63) is 113 Å². The minimum Gasteiger partial charge on any atom is -0.462 e. The molecule has 11 heteroatoms. The van der Waals surface area contributed by atoms with Gasteiger partial charge in [-0.1, -0.05) is 104 Å². The molecule has 2 aliphatic rings. The van der Waals surface area contributed by atoms with Crippen LogP contribution in [0.3, 0.4) is 0 Å². The van der Waals surface area contributed by atoms with Crippen LogP contribution in [0.1, 0.15) is 89.2 Å². The highest BCUT2D eigenvalue weighted by Gasteiger charge is 2.41. The summed E-state index contributed by atoms with van der Waals surface area (Å²) in [4.78, 5) is 45.5. The van der Waals surface area contributed by atoms with Gasteiger partial charge in [-0.2, -0.15) is 4.37 Å². The monoisotopic (exact) mass is 826 g/mol. The number of carbonyl (C=O) groups is 3. The van der Waals surface area contributed by atoms with Gasteiger partial charge in [-0.15, -0.1) is 0 Å². The normalized spacial score (nSPS) is 15.7. The number of carbonyl (C=O) groups excluding carboxylic acids is 3. The van der Waals surface area contributed by atoms with Gasteiger partial charge in [-0.05, 0) is 106 Å². The molecule has 310 valence electrons. The highest BCUT2D eigenvalue weighted by Crippen LogP contribution is 2.36. The lowest BCUT2D eigenvalue weighted by atomic mass is 10.1. The van der Waals surface area contributed by atoms with Crippen LogP contribution in [0.15, 0.2) is 97.2 Å². The number of ether oxygens (including phenoxy) is 2. The molecule has 0 radical (unpaired) electrons. The van der Waals surface area contributed by atoms with Crippen LogP contribution in [0.4, 0.5) is 11.5 Å². The van der Waals surface area contributed by atoms with Gasteiger partial charge >= 0.3 is 11.9 Å². The first kappa shape index (κ1) is 44.6. The molecular weight excluding hydrogens is 768 g/mol. The first-order valence-corrected chi connectivity index (χ1v) is 22.1. The predicted octanol–water partition coefficient (Wildman–Crippen LogP) is 10.3. The first-order chi connectivity index (χ1) is 28.4. The van der Waals surface area contributed by atoms with Gasteiger partial charge in [0.2, 0.25) is 5.91 Å². The van der Waals surface area contributed by atoms with E-state index < -0.39 is 18.2 Å². The van der Waals surface area contributed by atoms with E-state index in [0.29, 0.717) is 17.1 Å². The number of halogens is 1. The Hall–Kier alpha value is -4.51. The van der Waals surface area contributed by atoms with E-state index in [-0.39, 0.29) is 25.4 Å². The number of unbranched alkanes of at least 4 members (excludes halogenated alkanes) is 3. The van der Waals surface area contributed by atoms with Crippen molar-refractivity contribution in [2.24, 2.45) is 0 Å². The van der Waals surface area contributed by atoms with Crippen LogP contribution in [-0.2, 0) is 36.7 Å². The number of anilines is 2. The zero-order chi connectivity index (χ0) is 41.0. The summed E-state index contributed by atoms with van der Waals surface area (Å²) in [5, 5.41) is 1.71. The maximum absolute atomic E-state index is 13.4. The summed E-state index contributed by atoms with van der Waals surface area (Å²) in [5.74, 6) is -0.590. The molecule has 5 rings (SSSR count). The van der Waals surface area contributed by atoms with Crippen molar-refractivity contribution in [2.45, 2.75) is 97.1 Å². The summed E-state index contributed by atoms with van der Waals surface area (Å²) in [6.07, 6.45) is 29.5. The number of fused-ring (bicyclic) bond motifs is 2. The number of hydrogen-bond donors (Lipinski definition) is 0. The Labute approximate surface area is 353 Å². The SMILES string of the molecule is CC/C=C\C/C=C\C/C=C\C/C=C\C/C=C\CCCCCC(=O)OC(C(=O)OCC)N1C(=O)Cc2cc(CCN3CCN(c4nsc5ccccc45)CC3)c(Cl)cc21. The quantitative estimate of drug-likeness (QED) is 0.0530. The fourth-order valence-corrected chi connectivity index (χ4v) is 8.15. The van der Waals surface area contributed by atoms with Crippen molar-refractivity contribution < 1.29 is 23.9 Å². The molecule has 0 saturated carbocycles. The average Bonchev–Trinajstić information content (AvgIpc) is 3.80. The zero-order valence-corrected chi connectivity index (χ0v) is 35.7. The number of amides is 1.